The van der Waals surface area contributed by atoms with Gasteiger partial charge in [0.2, 0.25) is 0 Å². The molecule has 0 aliphatic heterocycles. The van der Waals surface area contributed by atoms with Gasteiger partial charge in [-0.2, -0.15) is 0 Å². The van der Waals surface area contributed by atoms with E-state index in [0.717, 1.165) is 0 Å². The molecule has 0 bridgehead atoms. The van der Waals surface area contributed by atoms with Gasteiger partial charge in [0.05, 0.1) is 6.61 Å². The maximum absolute atomic E-state index is 11.6. The molecular weight excluding hydrogens is 226 g/mol. The summed E-state index contributed by atoms with van der Waals surface area (Å²) in [6.45, 7) is 0.935. The first kappa shape index (κ1) is 13.0. The fourth-order valence-electron chi connectivity index (χ4n) is 1.22. The van der Waals surface area contributed by atoms with Gasteiger partial charge in [-0.1, -0.05) is 0 Å². The molecule has 0 spiro atoms. The molecule has 1 unspecified atom stereocenters. The largest absolute Gasteiger partial charge is 0.508 e. The first-order valence-electron chi connectivity index (χ1n) is 4.90. The second-order valence-corrected chi connectivity index (χ2v) is 3.55. The molecule has 6 nitrogen and oxygen atoms in total. The molecule has 0 aliphatic rings. The first-order chi connectivity index (χ1) is 7.95. The zero-order valence-corrected chi connectivity index (χ0v) is 9.17. The van der Waals surface area contributed by atoms with Crippen molar-refractivity contribution in [1.82, 2.24) is 5.32 Å². The third-order valence-corrected chi connectivity index (χ3v) is 2.24. The van der Waals surface area contributed by atoms with Crippen LogP contribution in [-0.4, -0.2) is 39.8 Å². The molecule has 1 aromatic carbocycles. The van der Waals surface area contributed by atoms with Crippen molar-refractivity contribution in [3.05, 3.63) is 29.3 Å². The van der Waals surface area contributed by atoms with Gasteiger partial charge in [0.15, 0.2) is 6.04 Å². The minimum Gasteiger partial charge on any atom is -0.508 e. The number of hydrogen-bond donors (Lipinski definition) is 4. The van der Waals surface area contributed by atoms with Gasteiger partial charge in [-0.15, -0.1) is 0 Å². The fraction of sp³-hybridized carbons (Fsp3) is 0.273. The third-order valence-electron chi connectivity index (χ3n) is 2.24. The Hall–Kier alpha value is -2.08. The summed E-state index contributed by atoms with van der Waals surface area (Å²) >= 11 is 0. The first-order valence-corrected chi connectivity index (χ1v) is 4.90. The van der Waals surface area contributed by atoms with Gasteiger partial charge in [0, 0.05) is 5.56 Å². The number of carboxylic acids is 1. The topological polar surface area (TPSA) is 107 Å². The van der Waals surface area contributed by atoms with Gasteiger partial charge in [0.1, 0.15) is 5.75 Å². The van der Waals surface area contributed by atoms with E-state index in [0.29, 0.717) is 5.56 Å². The van der Waals surface area contributed by atoms with E-state index in [9.17, 15) is 14.7 Å². The van der Waals surface area contributed by atoms with E-state index in [1.54, 1.807) is 6.92 Å². The number of aromatic hydroxyl groups is 1. The molecule has 17 heavy (non-hydrogen) atoms. The van der Waals surface area contributed by atoms with Crippen LogP contribution in [0.5, 0.6) is 5.75 Å². The van der Waals surface area contributed by atoms with Crippen LogP contribution in [0.25, 0.3) is 0 Å². The maximum atomic E-state index is 11.6. The van der Waals surface area contributed by atoms with Crippen molar-refractivity contribution in [1.29, 1.82) is 0 Å². The summed E-state index contributed by atoms with van der Waals surface area (Å²) in [6, 6.07) is 2.81. The highest BCUT2D eigenvalue weighted by molar-refractivity contribution is 5.96. The Morgan fingerprint density at radius 2 is 2.06 bits per heavy atom. The summed E-state index contributed by atoms with van der Waals surface area (Å²) in [5.74, 6) is -1.87. The van der Waals surface area contributed by atoms with Crippen LogP contribution in [0.4, 0.5) is 0 Å². The van der Waals surface area contributed by atoms with E-state index in [-0.39, 0.29) is 11.3 Å². The molecule has 0 aliphatic carbocycles. The van der Waals surface area contributed by atoms with E-state index < -0.39 is 24.5 Å². The van der Waals surface area contributed by atoms with Gasteiger partial charge < -0.3 is 20.6 Å². The predicted molar refractivity (Wildman–Crippen MR) is 58.8 cm³/mol. The lowest BCUT2D eigenvalue weighted by atomic mass is 10.1. The van der Waals surface area contributed by atoms with E-state index in [1.807, 2.05) is 0 Å². The van der Waals surface area contributed by atoms with Crippen molar-refractivity contribution in [3.63, 3.8) is 0 Å². The summed E-state index contributed by atoms with van der Waals surface area (Å²) < 4.78 is 0. The van der Waals surface area contributed by atoms with Crippen LogP contribution in [-0.2, 0) is 4.79 Å². The Kier molecular flexibility index (Phi) is 4.06. The lowest BCUT2D eigenvalue weighted by Gasteiger charge is -2.12. The Morgan fingerprint density at radius 3 is 2.53 bits per heavy atom. The molecule has 0 aromatic heterocycles. The number of hydrogen-bond acceptors (Lipinski definition) is 4. The monoisotopic (exact) mass is 239 g/mol. The standard InChI is InChI=1S/C11H13NO5/c1-6-4-7(2-3-9(6)14)10(15)12-8(5-13)11(16)17/h2-4,8,13-14H,5H2,1H3,(H,12,15)(H,16,17). The normalized spacial score (nSPS) is 11.9. The van der Waals surface area contributed by atoms with Crippen LogP contribution in [0.2, 0.25) is 0 Å². The van der Waals surface area contributed by atoms with Crippen molar-refractivity contribution in [2.45, 2.75) is 13.0 Å². The number of nitrogens with one attached hydrogen (secondary N) is 1. The van der Waals surface area contributed by atoms with E-state index >= 15 is 0 Å². The number of phenolic OH excluding ortho intramolecular Hbond substituents is 1. The zero-order chi connectivity index (χ0) is 13.0. The second-order valence-electron chi connectivity index (χ2n) is 3.55. The highest BCUT2D eigenvalue weighted by Gasteiger charge is 2.19. The Balaban J connectivity index is 2.82. The average Bonchev–Trinajstić information content (AvgIpc) is 2.28. The van der Waals surface area contributed by atoms with Gasteiger partial charge in [-0.05, 0) is 30.7 Å². The number of rotatable bonds is 4. The van der Waals surface area contributed by atoms with Crippen molar-refractivity contribution >= 4 is 11.9 Å². The van der Waals surface area contributed by atoms with Gasteiger partial charge in [0.25, 0.3) is 5.91 Å². The maximum Gasteiger partial charge on any atom is 0.328 e. The predicted octanol–water partition coefficient (Wildman–Crippen LogP) is -0.124. The molecule has 0 heterocycles. The highest BCUT2D eigenvalue weighted by atomic mass is 16.4. The van der Waals surface area contributed by atoms with Crippen LogP contribution in [0.1, 0.15) is 15.9 Å². The molecule has 1 atom stereocenters. The number of carbonyl (C=O) groups is 2. The number of carbonyl (C=O) groups excluding carboxylic acids is 1. The number of aryl methyl sites for hydroxylation is 1. The molecule has 0 radical (unpaired) electrons. The SMILES string of the molecule is Cc1cc(C(=O)NC(CO)C(=O)O)ccc1O. The summed E-state index contributed by atoms with van der Waals surface area (Å²) in [6.07, 6.45) is 0. The smallest absolute Gasteiger partial charge is 0.328 e. The van der Waals surface area contributed by atoms with Gasteiger partial charge in [-0.3, -0.25) is 4.79 Å². The van der Waals surface area contributed by atoms with Gasteiger partial charge in [-0.25, -0.2) is 4.79 Å². The van der Waals surface area contributed by atoms with Crippen LogP contribution >= 0.6 is 0 Å². The molecule has 1 amide bonds. The number of amides is 1. The summed E-state index contributed by atoms with van der Waals surface area (Å²) in [7, 11) is 0. The lowest BCUT2D eigenvalue weighted by molar-refractivity contribution is -0.140. The van der Waals surface area contributed by atoms with Crippen molar-refractivity contribution in [2.24, 2.45) is 0 Å². The van der Waals surface area contributed by atoms with E-state index in [2.05, 4.69) is 5.32 Å². The van der Waals surface area contributed by atoms with E-state index in [4.69, 9.17) is 10.2 Å². The van der Waals surface area contributed by atoms with Crippen LogP contribution in [0.15, 0.2) is 18.2 Å². The Morgan fingerprint density at radius 1 is 1.41 bits per heavy atom. The number of carboxylic acid groups (broad SMARTS) is 1. The summed E-state index contributed by atoms with van der Waals surface area (Å²) in [5, 5.41) is 28.8. The van der Waals surface area contributed by atoms with Crippen molar-refractivity contribution in [3.8, 4) is 5.75 Å². The molecule has 92 valence electrons. The van der Waals surface area contributed by atoms with Crippen molar-refractivity contribution < 1.29 is 24.9 Å². The lowest BCUT2D eigenvalue weighted by Crippen LogP contribution is -2.43. The molecule has 0 fully saturated rings. The number of aliphatic carboxylic acids is 1. The number of phenols is 1. The molecule has 4 N–H and O–H groups in total. The summed E-state index contributed by atoms with van der Waals surface area (Å²) in [5.41, 5.74) is 0.730. The third kappa shape index (κ3) is 3.18. The minimum atomic E-state index is -1.34. The highest BCUT2D eigenvalue weighted by Crippen LogP contribution is 2.16. The zero-order valence-electron chi connectivity index (χ0n) is 9.17. The molecular formula is C11H13NO5. The fourth-order valence-corrected chi connectivity index (χ4v) is 1.22. The van der Waals surface area contributed by atoms with Crippen molar-refractivity contribution in [2.75, 3.05) is 6.61 Å². The number of benzene rings is 1. The molecule has 6 heteroatoms. The van der Waals surface area contributed by atoms with E-state index in [1.165, 1.54) is 18.2 Å². The molecule has 1 rings (SSSR count). The second kappa shape index (κ2) is 5.31. The number of aliphatic hydroxyl groups is 1. The minimum absolute atomic E-state index is 0.0542. The quantitative estimate of drug-likeness (QED) is 0.585. The average molecular weight is 239 g/mol. The van der Waals surface area contributed by atoms with Crippen LogP contribution in [0.3, 0.4) is 0 Å². The molecule has 1 aromatic rings. The Labute approximate surface area is 97.5 Å². The number of aliphatic hydroxyl groups excluding tert-OH is 1. The molecule has 0 saturated heterocycles. The summed E-state index contributed by atoms with van der Waals surface area (Å²) in [4.78, 5) is 22.2. The molecule has 0 saturated carbocycles. The van der Waals surface area contributed by atoms with Gasteiger partial charge >= 0.3 is 5.97 Å². The Bertz CT molecular complexity index is 443. The van der Waals surface area contributed by atoms with Crippen LogP contribution in [0, 0.1) is 6.92 Å². The van der Waals surface area contributed by atoms with Crippen LogP contribution < -0.4 is 5.32 Å².